The van der Waals surface area contributed by atoms with E-state index in [2.05, 4.69) is 40.6 Å². The first-order valence-electron chi connectivity index (χ1n) is 6.60. The zero-order valence-electron chi connectivity index (χ0n) is 11.3. The quantitative estimate of drug-likeness (QED) is 0.534. The van der Waals surface area contributed by atoms with Gasteiger partial charge in [-0.25, -0.2) is 0 Å². The number of hydrogen-bond donors (Lipinski definition) is 0. The number of aromatic nitrogens is 4. The van der Waals surface area contributed by atoms with Crippen molar-refractivity contribution in [1.82, 2.24) is 20.0 Å². The highest BCUT2D eigenvalue weighted by atomic mass is 35.5. The van der Waals surface area contributed by atoms with Gasteiger partial charge in [-0.2, -0.15) is 4.52 Å². The van der Waals surface area contributed by atoms with E-state index < -0.39 is 0 Å². The number of benzene rings is 2. The number of pyridine rings is 1. The molecule has 4 nitrogen and oxygen atoms in total. The topological polar surface area (TPSA) is 43.1 Å². The molecule has 0 atom stereocenters. The molecule has 102 valence electrons. The van der Waals surface area contributed by atoms with Crippen molar-refractivity contribution in [1.29, 1.82) is 0 Å². The van der Waals surface area contributed by atoms with Gasteiger partial charge in [0.2, 0.25) is 0 Å². The Labute approximate surface area is 126 Å². The van der Waals surface area contributed by atoms with Crippen molar-refractivity contribution in [3.8, 4) is 11.1 Å². The van der Waals surface area contributed by atoms with Crippen LogP contribution in [0.5, 0.6) is 0 Å². The zero-order chi connectivity index (χ0) is 14.4. The summed E-state index contributed by atoms with van der Waals surface area (Å²) in [6.45, 7) is 2.07. The lowest BCUT2D eigenvalue weighted by Gasteiger charge is -2.09. The Morgan fingerprint density at radius 2 is 1.81 bits per heavy atom. The third kappa shape index (κ3) is 1.96. The molecule has 4 rings (SSSR count). The molecule has 0 aliphatic carbocycles. The van der Waals surface area contributed by atoms with E-state index in [9.17, 15) is 0 Å². The molecule has 0 bridgehead atoms. The number of rotatable bonds is 1. The SMILES string of the molecule is Cc1cc(-c2ccc(Cl)cc2)c2ccc3nnnn3c2c1. The van der Waals surface area contributed by atoms with Gasteiger partial charge in [-0.3, -0.25) is 0 Å². The molecule has 0 radical (unpaired) electrons. The van der Waals surface area contributed by atoms with E-state index in [1.807, 2.05) is 30.3 Å². The summed E-state index contributed by atoms with van der Waals surface area (Å²) in [7, 11) is 0. The average molecular weight is 295 g/mol. The lowest BCUT2D eigenvalue weighted by Crippen LogP contribution is -1.93. The van der Waals surface area contributed by atoms with Crippen LogP contribution in [0.25, 0.3) is 27.7 Å². The summed E-state index contributed by atoms with van der Waals surface area (Å²) in [6.07, 6.45) is 0. The molecular formula is C16H11ClN4. The van der Waals surface area contributed by atoms with E-state index in [0.29, 0.717) is 0 Å². The number of halogens is 1. The highest BCUT2D eigenvalue weighted by Crippen LogP contribution is 2.31. The Hall–Kier alpha value is -2.46. The number of aryl methyl sites for hydroxylation is 1. The Balaban J connectivity index is 2.10. The third-order valence-corrected chi connectivity index (χ3v) is 3.83. The fraction of sp³-hybridized carbons (Fsp3) is 0.0625. The predicted molar refractivity (Wildman–Crippen MR) is 83.5 cm³/mol. The van der Waals surface area contributed by atoms with E-state index in [1.54, 1.807) is 4.52 Å². The zero-order valence-corrected chi connectivity index (χ0v) is 12.0. The van der Waals surface area contributed by atoms with Gasteiger partial charge < -0.3 is 0 Å². The minimum Gasteiger partial charge on any atom is -0.193 e. The smallest absolute Gasteiger partial charge is 0.179 e. The number of nitrogens with zero attached hydrogens (tertiary/aromatic N) is 4. The normalized spacial score (nSPS) is 11.3. The van der Waals surface area contributed by atoms with Gasteiger partial charge in [-0.15, -0.1) is 5.10 Å². The number of tetrazole rings is 1. The second-order valence-electron chi connectivity index (χ2n) is 5.03. The highest BCUT2D eigenvalue weighted by Gasteiger charge is 2.09. The molecule has 4 aromatic rings. The van der Waals surface area contributed by atoms with Crippen LogP contribution in [0.1, 0.15) is 5.56 Å². The van der Waals surface area contributed by atoms with Crippen LogP contribution in [0.15, 0.2) is 48.5 Å². The van der Waals surface area contributed by atoms with Crippen molar-refractivity contribution in [3.05, 3.63) is 59.1 Å². The summed E-state index contributed by atoms with van der Waals surface area (Å²) in [5, 5.41) is 13.7. The van der Waals surface area contributed by atoms with E-state index in [1.165, 1.54) is 0 Å². The van der Waals surface area contributed by atoms with Crippen LogP contribution in [0, 0.1) is 6.92 Å². The van der Waals surface area contributed by atoms with Gasteiger partial charge in [0.15, 0.2) is 5.65 Å². The molecule has 0 aliphatic heterocycles. The van der Waals surface area contributed by atoms with Crippen molar-refractivity contribution in [2.75, 3.05) is 0 Å². The first-order valence-corrected chi connectivity index (χ1v) is 6.97. The van der Waals surface area contributed by atoms with Crippen LogP contribution in [-0.2, 0) is 0 Å². The van der Waals surface area contributed by atoms with Gasteiger partial charge >= 0.3 is 0 Å². The first kappa shape index (κ1) is 12.3. The van der Waals surface area contributed by atoms with E-state index in [-0.39, 0.29) is 0 Å². The molecule has 0 amide bonds. The molecule has 5 heteroatoms. The second-order valence-corrected chi connectivity index (χ2v) is 5.47. The molecular weight excluding hydrogens is 284 g/mol. The maximum atomic E-state index is 5.98. The minimum atomic E-state index is 0.735. The average Bonchev–Trinajstić information content (AvgIpc) is 2.96. The Morgan fingerprint density at radius 3 is 2.62 bits per heavy atom. The van der Waals surface area contributed by atoms with Crippen molar-refractivity contribution < 1.29 is 0 Å². The van der Waals surface area contributed by atoms with E-state index in [0.717, 1.165) is 38.3 Å². The summed E-state index contributed by atoms with van der Waals surface area (Å²) in [5.74, 6) is 0. The van der Waals surface area contributed by atoms with Crippen LogP contribution >= 0.6 is 11.6 Å². The van der Waals surface area contributed by atoms with E-state index in [4.69, 9.17) is 11.6 Å². The van der Waals surface area contributed by atoms with Gasteiger partial charge in [-0.1, -0.05) is 29.8 Å². The van der Waals surface area contributed by atoms with Crippen molar-refractivity contribution in [3.63, 3.8) is 0 Å². The molecule has 2 aromatic carbocycles. The summed E-state index contributed by atoms with van der Waals surface area (Å²) >= 11 is 5.98. The number of hydrogen-bond acceptors (Lipinski definition) is 3. The second kappa shape index (κ2) is 4.53. The first-order chi connectivity index (χ1) is 10.2. The van der Waals surface area contributed by atoms with Crippen molar-refractivity contribution >= 4 is 28.2 Å². The molecule has 0 spiro atoms. The maximum absolute atomic E-state index is 5.98. The molecule has 0 N–H and O–H groups in total. The summed E-state index contributed by atoms with van der Waals surface area (Å²) < 4.78 is 1.77. The van der Waals surface area contributed by atoms with Crippen molar-refractivity contribution in [2.45, 2.75) is 6.92 Å². The molecule has 21 heavy (non-hydrogen) atoms. The predicted octanol–water partition coefficient (Wildman–Crippen LogP) is 3.91. The lowest BCUT2D eigenvalue weighted by molar-refractivity contribution is 0.841. The van der Waals surface area contributed by atoms with Crippen LogP contribution in [0.2, 0.25) is 5.02 Å². The van der Waals surface area contributed by atoms with Gasteiger partial charge in [-0.05, 0) is 64.4 Å². The molecule has 0 saturated carbocycles. The van der Waals surface area contributed by atoms with Crippen LogP contribution in [0.4, 0.5) is 0 Å². The molecule has 2 aromatic heterocycles. The monoisotopic (exact) mass is 294 g/mol. The largest absolute Gasteiger partial charge is 0.193 e. The van der Waals surface area contributed by atoms with Crippen LogP contribution in [0.3, 0.4) is 0 Å². The summed E-state index contributed by atoms with van der Waals surface area (Å²) in [4.78, 5) is 0. The molecule has 0 unspecified atom stereocenters. The van der Waals surface area contributed by atoms with Gasteiger partial charge in [0.1, 0.15) is 0 Å². The van der Waals surface area contributed by atoms with Gasteiger partial charge in [0, 0.05) is 10.4 Å². The standard InChI is InChI=1S/C16H11ClN4/c1-10-8-14(11-2-4-12(17)5-3-11)13-6-7-16-18-19-20-21(16)15(13)9-10/h2-9H,1H3. The summed E-state index contributed by atoms with van der Waals surface area (Å²) in [6, 6.07) is 16.1. The summed E-state index contributed by atoms with van der Waals surface area (Å²) in [5.41, 5.74) is 5.19. The fourth-order valence-electron chi connectivity index (χ4n) is 2.62. The molecule has 0 aliphatic rings. The fourth-order valence-corrected chi connectivity index (χ4v) is 2.75. The molecule has 0 fully saturated rings. The lowest BCUT2D eigenvalue weighted by atomic mass is 9.98. The highest BCUT2D eigenvalue weighted by molar-refractivity contribution is 6.30. The van der Waals surface area contributed by atoms with Crippen molar-refractivity contribution in [2.24, 2.45) is 0 Å². The Morgan fingerprint density at radius 1 is 1.00 bits per heavy atom. The van der Waals surface area contributed by atoms with Crippen LogP contribution in [-0.4, -0.2) is 20.0 Å². The van der Waals surface area contributed by atoms with Crippen LogP contribution < -0.4 is 0 Å². The molecule has 0 saturated heterocycles. The van der Waals surface area contributed by atoms with Gasteiger partial charge in [0.25, 0.3) is 0 Å². The van der Waals surface area contributed by atoms with Gasteiger partial charge in [0.05, 0.1) is 5.52 Å². The third-order valence-electron chi connectivity index (χ3n) is 3.58. The Bertz CT molecular complexity index is 957. The minimum absolute atomic E-state index is 0.735. The Kier molecular flexibility index (Phi) is 2.65. The molecule has 2 heterocycles. The maximum Gasteiger partial charge on any atom is 0.179 e. The van der Waals surface area contributed by atoms with E-state index >= 15 is 0 Å². The number of fused-ring (bicyclic) bond motifs is 3.